The van der Waals surface area contributed by atoms with Crippen LogP contribution in [0.2, 0.25) is 0 Å². The first-order valence-electron chi connectivity index (χ1n) is 6.11. The molecule has 3 nitrogen and oxygen atoms in total. The van der Waals surface area contributed by atoms with Crippen molar-refractivity contribution in [1.82, 2.24) is 4.57 Å². The van der Waals surface area contributed by atoms with E-state index in [1.54, 1.807) is 4.90 Å². The summed E-state index contributed by atoms with van der Waals surface area (Å²) in [5.74, 6) is -0.0626. The highest BCUT2D eigenvalue weighted by Crippen LogP contribution is 2.35. The number of benzene rings is 1. The predicted octanol–water partition coefficient (Wildman–Crippen LogP) is 3.43. The normalized spacial score (nSPS) is 17.2. The third-order valence-corrected chi connectivity index (χ3v) is 4.37. The number of nitrogens with zero attached hydrogens (tertiary/aromatic N) is 2. The van der Waals surface area contributed by atoms with Crippen LogP contribution in [-0.2, 0) is 11.8 Å². The number of rotatable bonds is 2. The lowest BCUT2D eigenvalue weighted by molar-refractivity contribution is -0.113. The Morgan fingerprint density at radius 3 is 2.55 bits per heavy atom. The van der Waals surface area contributed by atoms with Gasteiger partial charge in [-0.1, -0.05) is 42.2 Å². The van der Waals surface area contributed by atoms with Crippen LogP contribution in [0.3, 0.4) is 0 Å². The van der Waals surface area contributed by atoms with Gasteiger partial charge in [-0.25, -0.2) is 0 Å². The van der Waals surface area contributed by atoms with Gasteiger partial charge in [-0.2, -0.15) is 0 Å². The zero-order chi connectivity index (χ0) is 14.1. The second-order valence-electron chi connectivity index (χ2n) is 4.40. The topological polar surface area (TPSA) is 25.2 Å². The Morgan fingerprint density at radius 2 is 1.90 bits per heavy atom. The fourth-order valence-corrected chi connectivity index (χ4v) is 3.31. The van der Waals surface area contributed by atoms with Crippen molar-refractivity contribution in [2.24, 2.45) is 7.05 Å². The van der Waals surface area contributed by atoms with Crippen LogP contribution < -0.4 is 4.90 Å². The molecule has 5 heteroatoms. The minimum absolute atomic E-state index is 0.0626. The Balaban J connectivity index is 1.95. The number of thiocarbonyl (C=S) groups is 1. The monoisotopic (exact) mass is 300 g/mol. The highest BCUT2D eigenvalue weighted by Gasteiger charge is 2.33. The van der Waals surface area contributed by atoms with E-state index in [4.69, 9.17) is 12.2 Å². The quantitative estimate of drug-likeness (QED) is 0.627. The molecular formula is C15H12N2OS2. The Morgan fingerprint density at radius 1 is 1.15 bits per heavy atom. The van der Waals surface area contributed by atoms with Crippen LogP contribution in [0.1, 0.15) is 5.69 Å². The summed E-state index contributed by atoms with van der Waals surface area (Å²) >= 11 is 6.66. The van der Waals surface area contributed by atoms with Gasteiger partial charge in [0.2, 0.25) is 0 Å². The highest BCUT2D eigenvalue weighted by atomic mass is 32.2. The smallest absolute Gasteiger partial charge is 0.270 e. The number of carbonyl (C=O) groups is 1. The SMILES string of the molecule is Cn1cccc1/C=C1/SC(=S)N(c2ccccc2)C1=O. The zero-order valence-corrected chi connectivity index (χ0v) is 12.4. The van der Waals surface area contributed by atoms with Gasteiger partial charge in [0.05, 0.1) is 10.6 Å². The first kappa shape index (κ1) is 13.1. The van der Waals surface area contributed by atoms with Crippen LogP contribution in [-0.4, -0.2) is 14.8 Å². The molecule has 0 spiro atoms. The van der Waals surface area contributed by atoms with Crippen LogP contribution in [0.15, 0.2) is 53.6 Å². The van der Waals surface area contributed by atoms with Crippen LogP contribution in [0.5, 0.6) is 0 Å². The van der Waals surface area contributed by atoms with E-state index in [0.717, 1.165) is 11.4 Å². The average molecular weight is 300 g/mol. The van der Waals surface area contributed by atoms with Gasteiger partial charge in [0.1, 0.15) is 0 Å². The lowest BCUT2D eigenvalue weighted by Gasteiger charge is -2.13. The molecule has 1 amide bonds. The van der Waals surface area contributed by atoms with Crippen LogP contribution in [0.4, 0.5) is 5.69 Å². The van der Waals surface area contributed by atoms with E-state index < -0.39 is 0 Å². The van der Waals surface area contributed by atoms with Gasteiger partial charge in [0, 0.05) is 18.9 Å². The van der Waals surface area contributed by atoms with Gasteiger partial charge in [0.15, 0.2) is 4.32 Å². The second kappa shape index (κ2) is 5.26. The molecule has 1 saturated heterocycles. The maximum Gasteiger partial charge on any atom is 0.270 e. The number of para-hydroxylation sites is 1. The second-order valence-corrected chi connectivity index (χ2v) is 6.07. The molecule has 1 aromatic carbocycles. The van der Waals surface area contributed by atoms with Crippen molar-refractivity contribution in [3.05, 3.63) is 59.3 Å². The molecule has 2 aromatic rings. The molecule has 1 aromatic heterocycles. The van der Waals surface area contributed by atoms with Crippen molar-refractivity contribution in [3.63, 3.8) is 0 Å². The molecule has 3 rings (SSSR count). The van der Waals surface area contributed by atoms with Crippen molar-refractivity contribution < 1.29 is 4.79 Å². The lowest BCUT2D eigenvalue weighted by atomic mass is 10.3. The molecule has 20 heavy (non-hydrogen) atoms. The van der Waals surface area contributed by atoms with Crippen molar-refractivity contribution in [1.29, 1.82) is 0 Å². The van der Waals surface area contributed by atoms with E-state index in [1.165, 1.54) is 11.8 Å². The first-order chi connectivity index (χ1) is 9.66. The van der Waals surface area contributed by atoms with E-state index in [-0.39, 0.29) is 5.91 Å². The Hall–Kier alpha value is -1.85. The fraction of sp³-hybridized carbons (Fsp3) is 0.0667. The van der Waals surface area contributed by atoms with E-state index in [0.29, 0.717) is 9.23 Å². The van der Waals surface area contributed by atoms with Gasteiger partial charge >= 0.3 is 0 Å². The van der Waals surface area contributed by atoms with E-state index in [9.17, 15) is 4.79 Å². The molecule has 0 atom stereocenters. The molecule has 0 radical (unpaired) electrons. The lowest BCUT2D eigenvalue weighted by Crippen LogP contribution is -2.27. The van der Waals surface area contributed by atoms with Gasteiger partial charge in [-0.3, -0.25) is 9.69 Å². The van der Waals surface area contributed by atoms with Gasteiger partial charge in [-0.15, -0.1) is 0 Å². The maximum atomic E-state index is 12.5. The Kier molecular flexibility index (Phi) is 3.46. The molecular weight excluding hydrogens is 288 g/mol. The molecule has 0 saturated carbocycles. The fourth-order valence-electron chi connectivity index (χ4n) is 2.03. The number of aryl methyl sites for hydroxylation is 1. The number of hydrogen-bond acceptors (Lipinski definition) is 3. The first-order valence-corrected chi connectivity index (χ1v) is 7.33. The molecule has 2 heterocycles. The molecule has 1 aliphatic heterocycles. The number of thioether (sulfide) groups is 1. The van der Waals surface area contributed by atoms with E-state index >= 15 is 0 Å². The number of amides is 1. The summed E-state index contributed by atoms with van der Waals surface area (Å²) in [6.07, 6.45) is 3.83. The van der Waals surface area contributed by atoms with Gasteiger partial charge < -0.3 is 4.57 Å². The summed E-state index contributed by atoms with van der Waals surface area (Å²) in [7, 11) is 1.95. The maximum absolute atomic E-state index is 12.5. The highest BCUT2D eigenvalue weighted by molar-refractivity contribution is 8.27. The predicted molar refractivity (Wildman–Crippen MR) is 87.5 cm³/mol. The average Bonchev–Trinajstić information content (AvgIpc) is 2.96. The van der Waals surface area contributed by atoms with Crippen LogP contribution >= 0.6 is 24.0 Å². The van der Waals surface area contributed by atoms with Gasteiger partial charge in [-0.05, 0) is 30.3 Å². The number of aromatic nitrogens is 1. The van der Waals surface area contributed by atoms with Crippen molar-refractivity contribution in [2.75, 3.05) is 4.90 Å². The summed E-state index contributed by atoms with van der Waals surface area (Å²) in [4.78, 5) is 14.7. The summed E-state index contributed by atoms with van der Waals surface area (Å²) in [6.45, 7) is 0. The number of hydrogen-bond donors (Lipinski definition) is 0. The summed E-state index contributed by atoms with van der Waals surface area (Å²) < 4.78 is 2.54. The standard InChI is InChI=1S/C15H12N2OS2/c1-16-9-5-8-12(16)10-13-14(18)17(15(19)20-13)11-6-3-2-4-7-11/h2-10H,1H3/b13-10+. The van der Waals surface area contributed by atoms with Crippen LogP contribution in [0, 0.1) is 0 Å². The largest absolute Gasteiger partial charge is 0.351 e. The molecule has 0 aliphatic carbocycles. The molecule has 1 fully saturated rings. The van der Waals surface area contributed by atoms with Gasteiger partial charge in [0.25, 0.3) is 5.91 Å². The molecule has 100 valence electrons. The molecule has 1 aliphatic rings. The van der Waals surface area contributed by atoms with Crippen LogP contribution in [0.25, 0.3) is 6.08 Å². The molecule has 0 unspecified atom stereocenters. The molecule has 0 bridgehead atoms. The zero-order valence-electron chi connectivity index (χ0n) is 10.8. The summed E-state index contributed by atoms with van der Waals surface area (Å²) in [5.41, 5.74) is 1.80. The summed E-state index contributed by atoms with van der Waals surface area (Å²) in [6, 6.07) is 13.4. The third kappa shape index (κ3) is 2.30. The van der Waals surface area contributed by atoms with Crippen molar-refractivity contribution >= 4 is 46.0 Å². The third-order valence-electron chi connectivity index (χ3n) is 3.07. The van der Waals surface area contributed by atoms with E-state index in [2.05, 4.69) is 0 Å². The number of carbonyl (C=O) groups excluding carboxylic acids is 1. The van der Waals surface area contributed by atoms with E-state index in [1.807, 2.05) is 66.4 Å². The Labute approximate surface area is 126 Å². The molecule has 0 N–H and O–H groups in total. The summed E-state index contributed by atoms with van der Waals surface area (Å²) in [5, 5.41) is 0. The van der Waals surface area contributed by atoms with Crippen molar-refractivity contribution in [2.45, 2.75) is 0 Å². The van der Waals surface area contributed by atoms with Crippen molar-refractivity contribution in [3.8, 4) is 0 Å². The Bertz CT molecular complexity index is 704. The minimum atomic E-state index is -0.0626. The minimum Gasteiger partial charge on any atom is -0.351 e. The number of anilines is 1.